The zero-order valence-electron chi connectivity index (χ0n) is 4.85. The van der Waals surface area contributed by atoms with E-state index >= 15 is 0 Å². The van der Waals surface area contributed by atoms with E-state index in [1.807, 2.05) is 0 Å². The average molecular weight is 114 g/mol. The Morgan fingerprint density at radius 1 is 1.00 bits per heavy atom. The summed E-state index contributed by atoms with van der Waals surface area (Å²) in [6.45, 7) is 1.81. The first kappa shape index (κ1) is 4.77. The van der Waals surface area contributed by atoms with Crippen LogP contribution >= 0.6 is 0 Å². The fraction of sp³-hybridized carbons (Fsp3) is 1.00. The molecular weight excluding hydrogens is 104 g/mol. The van der Waals surface area contributed by atoms with E-state index in [2.05, 4.69) is 0 Å². The lowest BCUT2D eigenvalue weighted by atomic mass is 10.1. The lowest BCUT2D eigenvalue weighted by Crippen LogP contribution is -2.42. The van der Waals surface area contributed by atoms with Crippen LogP contribution in [0, 0.1) is 0 Å². The third kappa shape index (κ3) is 0.501. The van der Waals surface area contributed by atoms with Gasteiger partial charge in [-0.05, 0) is 6.42 Å². The highest BCUT2D eigenvalue weighted by Gasteiger charge is 2.42. The minimum absolute atomic E-state index is 0.0833. The van der Waals surface area contributed by atoms with Crippen molar-refractivity contribution in [2.24, 2.45) is 0 Å². The molecule has 1 spiro atoms. The fourth-order valence-electron chi connectivity index (χ4n) is 1.31. The minimum Gasteiger partial charge on any atom is -0.350 e. The van der Waals surface area contributed by atoms with Crippen molar-refractivity contribution < 1.29 is 9.47 Å². The Morgan fingerprint density at radius 2 is 1.75 bits per heavy atom. The molecule has 2 aliphatic rings. The zero-order chi connectivity index (χ0) is 5.45. The normalized spacial score (nSPS) is 45.0. The second kappa shape index (κ2) is 1.45. The van der Waals surface area contributed by atoms with E-state index in [4.69, 9.17) is 9.47 Å². The number of ether oxygens (including phenoxy) is 2. The highest BCUT2D eigenvalue weighted by atomic mass is 16.7. The van der Waals surface area contributed by atoms with Crippen molar-refractivity contribution in [1.82, 2.24) is 0 Å². The topological polar surface area (TPSA) is 18.5 Å². The molecule has 2 nitrogen and oxygen atoms in total. The van der Waals surface area contributed by atoms with Crippen molar-refractivity contribution >= 4 is 0 Å². The molecule has 0 aliphatic carbocycles. The van der Waals surface area contributed by atoms with Gasteiger partial charge in [0.05, 0.1) is 13.2 Å². The number of hydrogen-bond acceptors (Lipinski definition) is 2. The molecule has 2 heteroatoms. The maximum atomic E-state index is 5.35. The van der Waals surface area contributed by atoms with Gasteiger partial charge in [-0.25, -0.2) is 0 Å². The molecule has 8 heavy (non-hydrogen) atoms. The van der Waals surface area contributed by atoms with Gasteiger partial charge in [0.25, 0.3) is 0 Å². The van der Waals surface area contributed by atoms with Crippen molar-refractivity contribution in [2.75, 3.05) is 13.2 Å². The Balaban J connectivity index is 2.01. The molecule has 2 rings (SSSR count). The van der Waals surface area contributed by atoms with Crippen molar-refractivity contribution in [3.05, 3.63) is 0 Å². The van der Waals surface area contributed by atoms with E-state index < -0.39 is 0 Å². The molecule has 0 aromatic rings. The van der Waals surface area contributed by atoms with Crippen LogP contribution in [-0.4, -0.2) is 19.0 Å². The maximum Gasteiger partial charge on any atom is 0.170 e. The molecule has 0 bridgehead atoms. The highest BCUT2D eigenvalue weighted by molar-refractivity contribution is 4.81. The summed E-state index contributed by atoms with van der Waals surface area (Å²) in [5, 5.41) is 0. The molecule has 1 unspecified atom stereocenters. The number of rotatable bonds is 0. The molecule has 2 aliphatic heterocycles. The van der Waals surface area contributed by atoms with Gasteiger partial charge in [-0.2, -0.15) is 0 Å². The largest absolute Gasteiger partial charge is 0.350 e. The first-order chi connectivity index (χ1) is 3.91. The molecule has 0 N–H and O–H groups in total. The second-order valence-electron chi connectivity index (χ2n) is 2.46. The van der Waals surface area contributed by atoms with Crippen LogP contribution in [0.25, 0.3) is 0 Å². The molecular formula is C6H10O2. The first-order valence-electron chi connectivity index (χ1n) is 3.19. The molecule has 0 saturated carbocycles. The summed E-state index contributed by atoms with van der Waals surface area (Å²) in [5.41, 5.74) is 0. The Morgan fingerprint density at radius 3 is 2.00 bits per heavy atom. The van der Waals surface area contributed by atoms with E-state index in [1.165, 1.54) is 6.42 Å². The minimum atomic E-state index is -0.0833. The Hall–Kier alpha value is -0.0800. The van der Waals surface area contributed by atoms with Gasteiger partial charge in [0.2, 0.25) is 0 Å². The Bertz CT molecular complexity index is 88.7. The summed E-state index contributed by atoms with van der Waals surface area (Å²) in [4.78, 5) is 0. The third-order valence-electron chi connectivity index (χ3n) is 1.92. The Labute approximate surface area is 48.8 Å². The fourth-order valence-corrected chi connectivity index (χ4v) is 1.31. The zero-order valence-corrected chi connectivity index (χ0v) is 4.85. The summed E-state index contributed by atoms with van der Waals surface area (Å²) in [7, 11) is 0. The van der Waals surface area contributed by atoms with Gasteiger partial charge in [0.1, 0.15) is 0 Å². The monoisotopic (exact) mass is 114 g/mol. The van der Waals surface area contributed by atoms with Crippen LogP contribution in [0.2, 0.25) is 0 Å². The molecule has 0 aromatic carbocycles. The van der Waals surface area contributed by atoms with Crippen LogP contribution in [0.4, 0.5) is 0 Å². The third-order valence-corrected chi connectivity index (χ3v) is 1.92. The van der Waals surface area contributed by atoms with Crippen molar-refractivity contribution in [2.45, 2.75) is 25.0 Å². The van der Waals surface area contributed by atoms with Crippen LogP contribution in [0.5, 0.6) is 0 Å². The van der Waals surface area contributed by atoms with E-state index in [0.29, 0.717) is 0 Å². The van der Waals surface area contributed by atoms with Gasteiger partial charge >= 0.3 is 0 Å². The van der Waals surface area contributed by atoms with Crippen LogP contribution in [0.15, 0.2) is 0 Å². The van der Waals surface area contributed by atoms with E-state index in [-0.39, 0.29) is 5.79 Å². The molecule has 2 saturated heterocycles. The van der Waals surface area contributed by atoms with Gasteiger partial charge in [-0.1, -0.05) is 0 Å². The summed E-state index contributed by atoms with van der Waals surface area (Å²) in [5.74, 6) is -0.0833. The first-order valence-corrected chi connectivity index (χ1v) is 3.19. The Kier molecular flexibility index (Phi) is 0.866. The highest BCUT2D eigenvalue weighted by Crippen LogP contribution is 2.36. The quantitative estimate of drug-likeness (QED) is 0.466. The predicted molar refractivity (Wildman–Crippen MR) is 28.5 cm³/mol. The van der Waals surface area contributed by atoms with E-state index in [0.717, 1.165) is 26.1 Å². The van der Waals surface area contributed by atoms with Crippen LogP contribution < -0.4 is 0 Å². The number of hydrogen-bond donors (Lipinski definition) is 0. The molecule has 2 fully saturated rings. The second-order valence-corrected chi connectivity index (χ2v) is 2.46. The van der Waals surface area contributed by atoms with Crippen LogP contribution in [-0.2, 0) is 9.47 Å². The van der Waals surface area contributed by atoms with Crippen LogP contribution in [0.1, 0.15) is 19.3 Å². The van der Waals surface area contributed by atoms with Crippen molar-refractivity contribution in [3.63, 3.8) is 0 Å². The van der Waals surface area contributed by atoms with E-state index in [9.17, 15) is 0 Å². The van der Waals surface area contributed by atoms with Gasteiger partial charge < -0.3 is 9.47 Å². The lowest BCUT2D eigenvalue weighted by Gasteiger charge is -2.36. The standard InChI is InChI=1S/C6H10O2/c1-2-6(7-4-1)3-5-8-6/h1-5H2. The molecule has 0 radical (unpaired) electrons. The SMILES string of the molecule is C1COC2(C1)CCO2. The summed E-state index contributed by atoms with van der Waals surface area (Å²) in [6.07, 6.45) is 3.42. The molecule has 46 valence electrons. The van der Waals surface area contributed by atoms with Crippen molar-refractivity contribution in [1.29, 1.82) is 0 Å². The maximum absolute atomic E-state index is 5.35. The predicted octanol–water partition coefficient (Wildman–Crippen LogP) is 0.913. The summed E-state index contributed by atoms with van der Waals surface area (Å²) >= 11 is 0. The van der Waals surface area contributed by atoms with E-state index in [1.54, 1.807) is 0 Å². The molecule has 2 heterocycles. The summed E-state index contributed by atoms with van der Waals surface area (Å²) in [6, 6.07) is 0. The molecule has 1 atom stereocenters. The molecule has 0 aromatic heterocycles. The van der Waals surface area contributed by atoms with Gasteiger partial charge in [-0.15, -0.1) is 0 Å². The van der Waals surface area contributed by atoms with Gasteiger partial charge in [0, 0.05) is 12.8 Å². The van der Waals surface area contributed by atoms with Crippen LogP contribution in [0.3, 0.4) is 0 Å². The van der Waals surface area contributed by atoms with Crippen molar-refractivity contribution in [3.8, 4) is 0 Å². The molecule has 0 amide bonds. The lowest BCUT2D eigenvalue weighted by molar-refractivity contribution is -0.284. The van der Waals surface area contributed by atoms with Gasteiger partial charge in [-0.3, -0.25) is 0 Å². The summed E-state index contributed by atoms with van der Waals surface area (Å²) < 4.78 is 10.6. The smallest absolute Gasteiger partial charge is 0.170 e. The average Bonchev–Trinajstić information content (AvgIpc) is 2.07. The van der Waals surface area contributed by atoms with Gasteiger partial charge in [0.15, 0.2) is 5.79 Å².